The second kappa shape index (κ2) is 7.11. The lowest BCUT2D eigenvalue weighted by Crippen LogP contribution is -2.61. The third-order valence-electron chi connectivity index (χ3n) is 6.28. The van der Waals surface area contributed by atoms with Crippen LogP contribution in [-0.4, -0.2) is 17.2 Å². The SMILES string of the molecule is Cc1ccc(F)cc1[C@H]1NC(=O)[C@@H](Cl)[C@@H](c2ccoc2)[C@]12C(=O)Nc1cc(Cl)ccc12. The first-order chi connectivity index (χ1) is 14.8. The Morgan fingerprint density at radius 1 is 1.13 bits per heavy atom. The molecule has 2 N–H and O–H groups in total. The highest BCUT2D eigenvalue weighted by Crippen LogP contribution is 2.58. The molecule has 1 aromatic heterocycles. The summed E-state index contributed by atoms with van der Waals surface area (Å²) < 4.78 is 19.6. The number of halogens is 3. The fraction of sp³-hybridized carbons (Fsp3) is 0.217. The summed E-state index contributed by atoms with van der Waals surface area (Å²) >= 11 is 12.8. The van der Waals surface area contributed by atoms with Crippen LogP contribution in [0.15, 0.2) is 59.4 Å². The summed E-state index contributed by atoms with van der Waals surface area (Å²) in [5.41, 5.74) is 1.66. The second-order valence-electron chi connectivity index (χ2n) is 7.89. The zero-order valence-corrected chi connectivity index (χ0v) is 17.8. The van der Waals surface area contributed by atoms with Gasteiger partial charge in [-0.25, -0.2) is 4.39 Å². The van der Waals surface area contributed by atoms with Crippen molar-refractivity contribution in [3.63, 3.8) is 0 Å². The molecule has 2 aliphatic rings. The van der Waals surface area contributed by atoms with E-state index in [9.17, 15) is 14.0 Å². The van der Waals surface area contributed by atoms with Gasteiger partial charge in [0, 0.05) is 16.6 Å². The molecule has 2 aliphatic heterocycles. The normalized spacial score (nSPS) is 27.2. The lowest BCUT2D eigenvalue weighted by molar-refractivity contribution is -0.131. The molecule has 2 amide bonds. The summed E-state index contributed by atoms with van der Waals surface area (Å²) in [4.78, 5) is 26.7. The van der Waals surface area contributed by atoms with E-state index >= 15 is 0 Å². The average Bonchev–Trinajstić information content (AvgIpc) is 3.34. The maximum atomic E-state index is 14.3. The van der Waals surface area contributed by atoms with Crippen molar-refractivity contribution in [2.75, 3.05) is 5.32 Å². The highest BCUT2D eigenvalue weighted by atomic mass is 35.5. The number of hydrogen-bond donors (Lipinski definition) is 2. The zero-order valence-electron chi connectivity index (χ0n) is 16.3. The number of carbonyl (C=O) groups excluding carboxylic acids is 2. The maximum Gasteiger partial charge on any atom is 0.239 e. The third kappa shape index (κ3) is 2.82. The number of hydrogen-bond acceptors (Lipinski definition) is 3. The Bertz CT molecular complexity index is 1210. The van der Waals surface area contributed by atoms with Crippen molar-refractivity contribution in [2.24, 2.45) is 0 Å². The molecule has 31 heavy (non-hydrogen) atoms. The molecule has 5 nitrogen and oxygen atoms in total. The molecule has 0 saturated carbocycles. The van der Waals surface area contributed by atoms with Crippen LogP contribution in [0.3, 0.4) is 0 Å². The molecule has 0 unspecified atom stereocenters. The van der Waals surface area contributed by atoms with Crippen molar-refractivity contribution in [3.8, 4) is 0 Å². The van der Waals surface area contributed by atoms with Crippen LogP contribution in [0, 0.1) is 12.7 Å². The van der Waals surface area contributed by atoms with Crippen LogP contribution < -0.4 is 10.6 Å². The number of alkyl halides is 1. The molecule has 5 rings (SSSR count). The number of aryl methyl sites for hydroxylation is 1. The smallest absolute Gasteiger partial charge is 0.239 e. The number of amides is 2. The number of carbonyl (C=O) groups is 2. The van der Waals surface area contributed by atoms with Gasteiger partial charge in [-0.15, -0.1) is 11.6 Å². The van der Waals surface area contributed by atoms with Gasteiger partial charge in [-0.3, -0.25) is 9.59 Å². The Morgan fingerprint density at radius 2 is 1.94 bits per heavy atom. The van der Waals surface area contributed by atoms with E-state index in [-0.39, 0.29) is 5.91 Å². The molecule has 0 aliphatic carbocycles. The standard InChI is InChI=1S/C23H17Cl2FN2O3/c1-11-2-4-14(26)9-15(11)20-23(16-5-3-13(24)8-17(16)27-22(23)30)18(12-6-7-31-10-12)19(25)21(29)28-20/h2-10,18-20H,1H3,(H,27,30)(H,28,29)/t18-,19+,20-,23+/m1/s1. The minimum atomic E-state index is -1.34. The van der Waals surface area contributed by atoms with E-state index in [1.165, 1.54) is 24.7 Å². The Hall–Kier alpha value is -2.83. The van der Waals surface area contributed by atoms with Crippen LogP contribution in [-0.2, 0) is 15.0 Å². The van der Waals surface area contributed by atoms with Crippen LogP contribution >= 0.6 is 23.2 Å². The Labute approximate surface area is 187 Å². The molecule has 0 bridgehead atoms. The predicted octanol–water partition coefficient (Wildman–Crippen LogP) is 4.83. The molecule has 1 spiro atoms. The van der Waals surface area contributed by atoms with Crippen molar-refractivity contribution < 1.29 is 18.4 Å². The first-order valence-electron chi connectivity index (χ1n) is 9.68. The molecule has 0 radical (unpaired) electrons. The van der Waals surface area contributed by atoms with E-state index < -0.39 is 34.5 Å². The van der Waals surface area contributed by atoms with E-state index in [2.05, 4.69) is 10.6 Å². The molecule has 1 saturated heterocycles. The highest BCUT2D eigenvalue weighted by molar-refractivity contribution is 6.33. The van der Waals surface area contributed by atoms with Crippen LogP contribution in [0.2, 0.25) is 5.02 Å². The zero-order chi connectivity index (χ0) is 21.9. The van der Waals surface area contributed by atoms with E-state index in [0.29, 0.717) is 27.4 Å². The van der Waals surface area contributed by atoms with Gasteiger partial charge in [0.15, 0.2) is 0 Å². The Morgan fingerprint density at radius 3 is 2.68 bits per heavy atom. The Kier molecular flexibility index (Phi) is 4.61. The van der Waals surface area contributed by atoms with Crippen molar-refractivity contribution in [2.45, 2.75) is 29.7 Å². The van der Waals surface area contributed by atoms with Gasteiger partial charge in [-0.2, -0.15) is 0 Å². The van der Waals surface area contributed by atoms with Crippen molar-refractivity contribution >= 4 is 40.7 Å². The van der Waals surface area contributed by atoms with Gasteiger partial charge in [0.2, 0.25) is 11.8 Å². The molecule has 8 heteroatoms. The predicted molar refractivity (Wildman–Crippen MR) is 115 cm³/mol. The van der Waals surface area contributed by atoms with Gasteiger partial charge in [-0.1, -0.05) is 23.7 Å². The van der Waals surface area contributed by atoms with Gasteiger partial charge < -0.3 is 15.1 Å². The van der Waals surface area contributed by atoms with Crippen LogP contribution in [0.25, 0.3) is 0 Å². The molecule has 3 aromatic rings. The second-order valence-corrected chi connectivity index (χ2v) is 8.80. The highest BCUT2D eigenvalue weighted by Gasteiger charge is 2.64. The molecule has 2 aromatic carbocycles. The lowest BCUT2D eigenvalue weighted by atomic mass is 9.59. The van der Waals surface area contributed by atoms with Gasteiger partial charge in [-0.05, 0) is 59.5 Å². The van der Waals surface area contributed by atoms with E-state index in [0.717, 1.165) is 5.56 Å². The van der Waals surface area contributed by atoms with Crippen LogP contribution in [0.5, 0.6) is 0 Å². The maximum absolute atomic E-state index is 14.3. The number of rotatable bonds is 2. The van der Waals surface area contributed by atoms with Crippen molar-refractivity contribution in [1.82, 2.24) is 5.32 Å². The molecule has 1 fully saturated rings. The number of piperidine rings is 1. The van der Waals surface area contributed by atoms with E-state index in [1.54, 1.807) is 30.3 Å². The number of fused-ring (bicyclic) bond motifs is 2. The largest absolute Gasteiger partial charge is 0.472 e. The fourth-order valence-electron chi connectivity index (χ4n) is 4.95. The van der Waals surface area contributed by atoms with Gasteiger partial charge in [0.25, 0.3) is 0 Å². The number of furan rings is 1. The van der Waals surface area contributed by atoms with Gasteiger partial charge >= 0.3 is 0 Å². The lowest BCUT2D eigenvalue weighted by Gasteiger charge is -2.48. The quantitative estimate of drug-likeness (QED) is 0.540. The summed E-state index contributed by atoms with van der Waals surface area (Å²) in [7, 11) is 0. The Balaban J connectivity index is 1.86. The summed E-state index contributed by atoms with van der Waals surface area (Å²) in [6.07, 6.45) is 2.95. The summed E-state index contributed by atoms with van der Waals surface area (Å²) in [6.45, 7) is 1.81. The first-order valence-corrected chi connectivity index (χ1v) is 10.5. The number of benzene rings is 2. The number of anilines is 1. The molecular formula is C23H17Cl2FN2O3. The summed E-state index contributed by atoms with van der Waals surface area (Å²) in [5, 5.41) is 5.20. The van der Waals surface area contributed by atoms with Crippen LogP contribution in [0.1, 0.15) is 34.2 Å². The molecule has 3 heterocycles. The van der Waals surface area contributed by atoms with E-state index in [1.807, 2.05) is 6.92 Å². The number of nitrogens with one attached hydrogen (secondary N) is 2. The minimum absolute atomic E-state index is 0.352. The van der Waals surface area contributed by atoms with Gasteiger partial charge in [0.1, 0.15) is 16.6 Å². The minimum Gasteiger partial charge on any atom is -0.472 e. The molecular weight excluding hydrogens is 442 g/mol. The third-order valence-corrected chi connectivity index (χ3v) is 6.97. The van der Waals surface area contributed by atoms with Crippen molar-refractivity contribution in [1.29, 1.82) is 0 Å². The topological polar surface area (TPSA) is 71.3 Å². The monoisotopic (exact) mass is 458 g/mol. The van der Waals surface area contributed by atoms with Crippen molar-refractivity contribution in [3.05, 3.63) is 88.1 Å². The summed E-state index contributed by atoms with van der Waals surface area (Å²) in [6, 6.07) is 10.2. The van der Waals surface area contributed by atoms with E-state index in [4.69, 9.17) is 27.6 Å². The first kappa shape index (κ1) is 20.1. The fourth-order valence-corrected chi connectivity index (χ4v) is 5.53. The summed E-state index contributed by atoms with van der Waals surface area (Å²) in [5.74, 6) is -2.03. The van der Waals surface area contributed by atoms with Gasteiger partial charge in [0.05, 0.1) is 18.6 Å². The average molecular weight is 459 g/mol. The molecule has 4 atom stereocenters. The molecule has 158 valence electrons. The van der Waals surface area contributed by atoms with Crippen LogP contribution in [0.4, 0.5) is 10.1 Å².